The van der Waals surface area contributed by atoms with Crippen molar-refractivity contribution in [3.8, 4) is 6.07 Å². The number of anilines is 1. The van der Waals surface area contributed by atoms with Crippen molar-refractivity contribution < 1.29 is 18.0 Å². The number of carbonyl (C=O) groups excluding carboxylic acids is 1. The second kappa shape index (κ2) is 12.2. The Labute approximate surface area is 275 Å². The molecule has 3 aromatic heterocycles. The average Bonchev–Trinajstić information content (AvgIpc) is 3.58. The zero-order valence-electron chi connectivity index (χ0n) is 26.3. The molecule has 0 aliphatic carbocycles. The second-order valence-electron chi connectivity index (χ2n) is 13.3. The van der Waals surface area contributed by atoms with E-state index in [9.17, 15) is 23.2 Å². The molecule has 13 heteroatoms. The molecule has 9 nitrogen and oxygen atoms in total. The van der Waals surface area contributed by atoms with Crippen LogP contribution in [0.5, 0.6) is 0 Å². The summed E-state index contributed by atoms with van der Waals surface area (Å²) in [5.41, 5.74) is 4.41. The Morgan fingerprint density at radius 1 is 1.13 bits per heavy atom. The molecule has 1 spiro atoms. The third-order valence-electron chi connectivity index (χ3n) is 9.96. The molecule has 47 heavy (non-hydrogen) atoms. The van der Waals surface area contributed by atoms with Gasteiger partial charge in [-0.05, 0) is 55.2 Å². The number of likely N-dealkylation sites (tertiary alicyclic amines) is 3. The summed E-state index contributed by atoms with van der Waals surface area (Å²) < 4.78 is 40.9. The molecular formula is C34H37F3N8OS. The number of amides is 1. The number of halogens is 3. The number of carbonyl (C=O) groups is 1. The molecule has 1 N–H and O–H groups in total. The minimum absolute atomic E-state index is 0.00694. The zero-order chi connectivity index (χ0) is 32.9. The van der Waals surface area contributed by atoms with Gasteiger partial charge in [0, 0.05) is 86.1 Å². The van der Waals surface area contributed by atoms with Gasteiger partial charge in [0.25, 0.3) is 0 Å². The molecule has 7 rings (SSSR count). The van der Waals surface area contributed by atoms with Crippen molar-refractivity contribution in [2.75, 3.05) is 51.1 Å². The Bertz CT molecular complexity index is 1870. The maximum atomic E-state index is 12.9. The van der Waals surface area contributed by atoms with Gasteiger partial charge in [0.15, 0.2) is 0 Å². The largest absolute Gasteiger partial charge is 0.393 e. The number of fused-ring (bicyclic) bond motifs is 2. The Morgan fingerprint density at radius 3 is 2.60 bits per heavy atom. The number of hydrogen-bond donors (Lipinski definition) is 1. The van der Waals surface area contributed by atoms with E-state index >= 15 is 0 Å². The van der Waals surface area contributed by atoms with E-state index in [4.69, 9.17) is 0 Å². The highest BCUT2D eigenvalue weighted by Gasteiger charge is 2.52. The minimum Gasteiger partial charge on any atom is -0.367 e. The molecule has 1 amide bonds. The summed E-state index contributed by atoms with van der Waals surface area (Å²) in [6, 6.07) is 10.5. The van der Waals surface area contributed by atoms with Crippen LogP contribution in [0.1, 0.15) is 34.5 Å². The number of thiophene rings is 1. The zero-order valence-corrected chi connectivity index (χ0v) is 27.1. The fourth-order valence-electron chi connectivity index (χ4n) is 7.55. The lowest BCUT2D eigenvalue weighted by atomic mass is 9.73. The number of aryl methyl sites for hydroxylation is 1. The predicted molar refractivity (Wildman–Crippen MR) is 176 cm³/mol. The number of hydrogen-bond acceptors (Lipinski definition) is 8. The average molecular weight is 663 g/mol. The molecule has 6 heterocycles. The van der Waals surface area contributed by atoms with Crippen LogP contribution in [0, 0.1) is 23.7 Å². The van der Waals surface area contributed by atoms with E-state index < -0.39 is 12.6 Å². The van der Waals surface area contributed by atoms with Gasteiger partial charge < -0.3 is 19.7 Å². The van der Waals surface area contributed by atoms with Gasteiger partial charge in [-0.1, -0.05) is 12.6 Å². The maximum absolute atomic E-state index is 12.9. The Balaban J connectivity index is 0.946. The third-order valence-corrected chi connectivity index (χ3v) is 11.0. The van der Waals surface area contributed by atoms with E-state index in [0.29, 0.717) is 21.7 Å². The van der Waals surface area contributed by atoms with Crippen LogP contribution in [-0.4, -0.2) is 93.2 Å². The summed E-state index contributed by atoms with van der Waals surface area (Å²) in [5.74, 6) is 0.605. The van der Waals surface area contributed by atoms with E-state index in [1.807, 2.05) is 11.0 Å². The summed E-state index contributed by atoms with van der Waals surface area (Å²) in [7, 11) is 0. The van der Waals surface area contributed by atoms with Gasteiger partial charge in [0.1, 0.15) is 28.7 Å². The van der Waals surface area contributed by atoms with Crippen LogP contribution in [0.15, 0.2) is 43.2 Å². The fraction of sp³-hybridized carbons (Fsp3) is 0.471. The molecule has 0 radical (unpaired) electrons. The number of nitrogens with zero attached hydrogens (tertiary/aromatic N) is 7. The predicted octanol–water partition coefficient (Wildman–Crippen LogP) is 5.34. The minimum atomic E-state index is -4.26. The smallest absolute Gasteiger partial charge is 0.367 e. The lowest BCUT2D eigenvalue weighted by Crippen LogP contribution is -2.72. The Kier molecular flexibility index (Phi) is 8.22. The second-order valence-corrected chi connectivity index (χ2v) is 14.4. The SMILES string of the molecule is C=CC(=O)N1CC2(CN(CCn3c(C#N)cc4c(C)c(CN5CCC(Nc6ncnc7sc(CC(F)(F)F)cc67)CC5)ccc43)C2)C1. The molecule has 0 atom stereocenters. The summed E-state index contributed by atoms with van der Waals surface area (Å²) in [6.07, 6.45) is -0.641. The van der Waals surface area contributed by atoms with E-state index in [2.05, 4.69) is 61.4 Å². The number of alkyl halides is 3. The van der Waals surface area contributed by atoms with Gasteiger partial charge in [-0.3, -0.25) is 9.69 Å². The van der Waals surface area contributed by atoms with Gasteiger partial charge in [-0.25, -0.2) is 9.97 Å². The van der Waals surface area contributed by atoms with Crippen molar-refractivity contribution >= 4 is 44.2 Å². The molecule has 0 saturated carbocycles. The van der Waals surface area contributed by atoms with Crippen LogP contribution in [0.25, 0.3) is 21.1 Å². The first-order chi connectivity index (χ1) is 22.5. The molecule has 1 aromatic carbocycles. The lowest BCUT2D eigenvalue weighted by molar-refractivity contribution is -0.154. The Morgan fingerprint density at radius 2 is 1.89 bits per heavy atom. The number of nitrogens with one attached hydrogen (secondary N) is 1. The molecular weight excluding hydrogens is 625 g/mol. The number of nitriles is 1. The first-order valence-electron chi connectivity index (χ1n) is 16.0. The fourth-order valence-corrected chi connectivity index (χ4v) is 8.58. The molecule has 0 unspecified atom stereocenters. The summed E-state index contributed by atoms with van der Waals surface area (Å²) in [6.45, 7) is 13.5. The number of rotatable bonds is 9. The van der Waals surface area contributed by atoms with Crippen LogP contribution in [0.2, 0.25) is 0 Å². The molecule has 0 bridgehead atoms. The molecule has 3 saturated heterocycles. The quantitative estimate of drug-likeness (QED) is 0.242. The van der Waals surface area contributed by atoms with E-state index in [-0.39, 0.29) is 22.2 Å². The first-order valence-corrected chi connectivity index (χ1v) is 16.8. The Hall–Kier alpha value is -3.99. The highest BCUT2D eigenvalue weighted by molar-refractivity contribution is 7.18. The first kappa shape index (κ1) is 31.6. The van der Waals surface area contributed by atoms with Gasteiger partial charge in [-0.2, -0.15) is 18.4 Å². The highest BCUT2D eigenvalue weighted by Crippen LogP contribution is 2.40. The monoisotopic (exact) mass is 662 g/mol. The highest BCUT2D eigenvalue weighted by atomic mass is 32.1. The maximum Gasteiger partial charge on any atom is 0.393 e. The van der Waals surface area contributed by atoms with Crippen molar-refractivity contribution in [3.05, 3.63) is 64.9 Å². The van der Waals surface area contributed by atoms with Crippen LogP contribution in [0.3, 0.4) is 0 Å². The van der Waals surface area contributed by atoms with Gasteiger partial charge in [0.2, 0.25) is 5.91 Å². The van der Waals surface area contributed by atoms with Crippen molar-refractivity contribution in [1.82, 2.24) is 29.2 Å². The standard InChI is InChI=1S/C34H37F3N8OS/c1-3-30(46)44-19-33(20-44)17-43(18-33)10-11-45-25(15-38)12-27-22(2)23(4-5-29(27)45)16-42-8-6-24(7-9-42)41-31-28-13-26(14-34(35,36)37)47-32(28)40-21-39-31/h3-5,12-13,21,24H,1,6-11,14,16-20H2,2H3,(H,39,40,41). The van der Waals surface area contributed by atoms with Crippen molar-refractivity contribution in [1.29, 1.82) is 5.26 Å². The van der Waals surface area contributed by atoms with Crippen molar-refractivity contribution in [2.24, 2.45) is 5.41 Å². The lowest BCUT2D eigenvalue weighted by Gasteiger charge is -2.60. The van der Waals surface area contributed by atoms with Crippen LogP contribution in [-0.2, 0) is 24.3 Å². The van der Waals surface area contributed by atoms with Crippen molar-refractivity contribution in [2.45, 2.75) is 51.5 Å². The summed E-state index contributed by atoms with van der Waals surface area (Å²) in [4.78, 5) is 27.8. The third kappa shape index (κ3) is 6.34. The van der Waals surface area contributed by atoms with Crippen molar-refractivity contribution in [3.63, 3.8) is 0 Å². The number of piperidine rings is 1. The number of aromatic nitrogens is 3. The van der Waals surface area contributed by atoms with Crippen LogP contribution in [0.4, 0.5) is 19.0 Å². The van der Waals surface area contributed by atoms with Gasteiger partial charge in [0.05, 0.1) is 11.8 Å². The van der Waals surface area contributed by atoms with E-state index in [1.54, 1.807) is 6.07 Å². The molecule has 246 valence electrons. The van der Waals surface area contributed by atoms with Gasteiger partial charge >= 0.3 is 6.18 Å². The van der Waals surface area contributed by atoms with Gasteiger partial charge in [-0.15, -0.1) is 11.3 Å². The molecule has 4 aromatic rings. The molecule has 3 fully saturated rings. The molecule has 3 aliphatic rings. The van der Waals surface area contributed by atoms with E-state index in [0.717, 1.165) is 94.0 Å². The van der Waals surface area contributed by atoms with Crippen LogP contribution < -0.4 is 5.32 Å². The molecule has 3 aliphatic heterocycles. The normalized spacial score (nSPS) is 18.7. The summed E-state index contributed by atoms with van der Waals surface area (Å²) >= 11 is 1.07. The topological polar surface area (TPSA) is 93.3 Å². The summed E-state index contributed by atoms with van der Waals surface area (Å²) in [5, 5.41) is 15.2. The van der Waals surface area contributed by atoms with Crippen LogP contribution >= 0.6 is 11.3 Å². The number of benzene rings is 1. The van der Waals surface area contributed by atoms with E-state index in [1.165, 1.54) is 23.5 Å².